The smallest absolute Gasteiger partial charge is 0.173 e. The van der Waals surface area contributed by atoms with Gasteiger partial charge in [0.05, 0.1) is 12.7 Å². The zero-order valence-electron chi connectivity index (χ0n) is 15.5. The number of halogens is 1. The minimum Gasteiger partial charge on any atom is -0.494 e. The Labute approximate surface area is 175 Å². The third kappa shape index (κ3) is 6.19. The van der Waals surface area contributed by atoms with Crippen LogP contribution in [0.5, 0.6) is 5.75 Å². The van der Waals surface area contributed by atoms with Crippen molar-refractivity contribution in [3.8, 4) is 5.75 Å². The molecule has 0 amide bonds. The normalized spacial score (nSPS) is 16.1. The van der Waals surface area contributed by atoms with E-state index >= 15 is 0 Å². The summed E-state index contributed by atoms with van der Waals surface area (Å²) in [6.07, 6.45) is 2.44. The van der Waals surface area contributed by atoms with Crippen LogP contribution in [0.2, 0.25) is 0 Å². The van der Waals surface area contributed by atoms with Gasteiger partial charge in [0.1, 0.15) is 5.75 Å². The number of benzene rings is 2. The van der Waals surface area contributed by atoms with Crippen LogP contribution in [0.1, 0.15) is 25.3 Å². The molecule has 1 fully saturated rings. The van der Waals surface area contributed by atoms with E-state index in [0.717, 1.165) is 48.4 Å². The lowest BCUT2D eigenvalue weighted by molar-refractivity contribution is 0.0905. The van der Waals surface area contributed by atoms with Gasteiger partial charge in [-0.05, 0) is 73.9 Å². The van der Waals surface area contributed by atoms with E-state index in [9.17, 15) is 0 Å². The van der Waals surface area contributed by atoms with Gasteiger partial charge < -0.3 is 19.7 Å². The van der Waals surface area contributed by atoms with Gasteiger partial charge in [0.2, 0.25) is 0 Å². The first-order valence-corrected chi connectivity index (χ1v) is 10.5. The van der Waals surface area contributed by atoms with Crippen LogP contribution in [0.15, 0.2) is 53.0 Å². The fraction of sp³-hybridized carbons (Fsp3) is 0.381. The number of ether oxygens (including phenoxy) is 2. The molecule has 6 heteroatoms. The predicted octanol–water partition coefficient (Wildman–Crippen LogP) is 5.23. The molecular formula is C21H25BrN2O2S. The van der Waals surface area contributed by atoms with E-state index in [1.165, 1.54) is 5.56 Å². The Hall–Kier alpha value is -1.63. The summed E-state index contributed by atoms with van der Waals surface area (Å²) in [5, 5.41) is 4.06. The molecule has 0 aromatic heterocycles. The van der Waals surface area contributed by atoms with Crippen LogP contribution in [-0.2, 0) is 11.3 Å². The fourth-order valence-corrected chi connectivity index (χ4v) is 3.82. The molecule has 0 saturated carbocycles. The second-order valence-electron chi connectivity index (χ2n) is 6.53. The molecule has 0 radical (unpaired) electrons. The Kier molecular flexibility index (Phi) is 7.50. The molecule has 27 heavy (non-hydrogen) atoms. The third-order valence-electron chi connectivity index (χ3n) is 4.41. The van der Waals surface area contributed by atoms with E-state index in [1.807, 2.05) is 43.3 Å². The lowest BCUT2D eigenvalue weighted by atomic mass is 10.2. The molecule has 2 aromatic carbocycles. The molecule has 1 unspecified atom stereocenters. The molecule has 0 bridgehead atoms. The highest BCUT2D eigenvalue weighted by Gasteiger charge is 2.21. The van der Waals surface area contributed by atoms with Crippen molar-refractivity contribution in [1.29, 1.82) is 0 Å². The molecular weight excluding hydrogens is 424 g/mol. The van der Waals surface area contributed by atoms with E-state index in [4.69, 9.17) is 21.7 Å². The van der Waals surface area contributed by atoms with E-state index in [2.05, 4.69) is 38.3 Å². The van der Waals surface area contributed by atoms with Gasteiger partial charge in [-0.25, -0.2) is 0 Å². The van der Waals surface area contributed by atoms with E-state index in [0.29, 0.717) is 11.7 Å². The van der Waals surface area contributed by atoms with Crippen LogP contribution < -0.4 is 10.1 Å². The van der Waals surface area contributed by atoms with Crippen LogP contribution in [0, 0.1) is 0 Å². The number of thiocarbonyl (C=S) groups is 1. The molecule has 4 nitrogen and oxygen atoms in total. The van der Waals surface area contributed by atoms with Crippen molar-refractivity contribution < 1.29 is 9.47 Å². The summed E-state index contributed by atoms with van der Waals surface area (Å²) in [6, 6.07) is 16.2. The fourth-order valence-electron chi connectivity index (χ4n) is 3.11. The molecule has 1 N–H and O–H groups in total. The summed E-state index contributed by atoms with van der Waals surface area (Å²) in [6.45, 7) is 5.01. The van der Waals surface area contributed by atoms with Gasteiger partial charge in [-0.3, -0.25) is 0 Å². The highest BCUT2D eigenvalue weighted by Crippen LogP contribution is 2.20. The predicted molar refractivity (Wildman–Crippen MR) is 117 cm³/mol. The Morgan fingerprint density at radius 2 is 2.11 bits per heavy atom. The number of hydrogen-bond donors (Lipinski definition) is 1. The molecule has 1 atom stereocenters. The number of rotatable bonds is 7. The molecule has 0 spiro atoms. The monoisotopic (exact) mass is 448 g/mol. The van der Waals surface area contributed by atoms with Crippen molar-refractivity contribution in [2.24, 2.45) is 0 Å². The van der Waals surface area contributed by atoms with E-state index in [-0.39, 0.29) is 6.10 Å². The van der Waals surface area contributed by atoms with Crippen molar-refractivity contribution >= 4 is 38.9 Å². The summed E-state index contributed by atoms with van der Waals surface area (Å²) in [7, 11) is 0. The maximum absolute atomic E-state index is 5.83. The summed E-state index contributed by atoms with van der Waals surface area (Å²) >= 11 is 9.27. The first-order valence-electron chi connectivity index (χ1n) is 9.29. The van der Waals surface area contributed by atoms with Crippen molar-refractivity contribution in [2.45, 2.75) is 32.4 Å². The van der Waals surface area contributed by atoms with Crippen LogP contribution >= 0.6 is 28.1 Å². The van der Waals surface area contributed by atoms with E-state index in [1.54, 1.807) is 0 Å². The van der Waals surface area contributed by atoms with E-state index < -0.39 is 0 Å². The van der Waals surface area contributed by atoms with Crippen molar-refractivity contribution in [3.63, 3.8) is 0 Å². The molecule has 0 aliphatic carbocycles. The van der Waals surface area contributed by atoms with Gasteiger partial charge in [0.25, 0.3) is 0 Å². The second kappa shape index (κ2) is 10.1. The topological polar surface area (TPSA) is 33.7 Å². The van der Waals surface area contributed by atoms with Gasteiger partial charge in [-0.1, -0.05) is 28.1 Å². The van der Waals surface area contributed by atoms with Crippen LogP contribution in [0.3, 0.4) is 0 Å². The highest BCUT2D eigenvalue weighted by molar-refractivity contribution is 9.10. The molecule has 2 aromatic rings. The van der Waals surface area contributed by atoms with Crippen molar-refractivity contribution in [3.05, 3.63) is 58.6 Å². The molecule has 1 aliphatic rings. The van der Waals surface area contributed by atoms with Gasteiger partial charge in [-0.15, -0.1) is 0 Å². The van der Waals surface area contributed by atoms with Crippen LogP contribution in [0.25, 0.3) is 0 Å². The molecule has 1 saturated heterocycles. The Bertz CT molecular complexity index is 748. The van der Waals surface area contributed by atoms with Gasteiger partial charge in [-0.2, -0.15) is 0 Å². The average molecular weight is 449 g/mol. The largest absolute Gasteiger partial charge is 0.494 e. The van der Waals surface area contributed by atoms with Crippen LogP contribution in [-0.4, -0.2) is 35.9 Å². The Morgan fingerprint density at radius 3 is 2.78 bits per heavy atom. The summed E-state index contributed by atoms with van der Waals surface area (Å²) in [4.78, 5) is 2.18. The highest BCUT2D eigenvalue weighted by atomic mass is 79.9. The number of nitrogens with one attached hydrogen (secondary N) is 1. The minimum atomic E-state index is 0.234. The second-order valence-corrected chi connectivity index (χ2v) is 7.84. The lowest BCUT2D eigenvalue weighted by Crippen LogP contribution is -2.39. The van der Waals surface area contributed by atoms with Crippen molar-refractivity contribution in [1.82, 2.24) is 4.90 Å². The maximum atomic E-state index is 5.83. The van der Waals surface area contributed by atoms with Crippen LogP contribution in [0.4, 0.5) is 5.69 Å². The standard InChI is InChI=1S/C21H25BrN2O2S/c1-2-25-19-10-8-18(9-11-19)23-21(27)24(15-20-7-4-12-26-20)14-16-5-3-6-17(22)13-16/h3,5-6,8-11,13,20H,2,4,7,12,14-15H2,1H3,(H,23,27). The first kappa shape index (κ1) is 20.1. The molecule has 3 rings (SSSR count). The van der Waals surface area contributed by atoms with Crippen molar-refractivity contribution in [2.75, 3.05) is 25.1 Å². The quantitative estimate of drug-likeness (QED) is 0.586. The summed E-state index contributed by atoms with van der Waals surface area (Å²) in [5.41, 5.74) is 2.16. The van der Waals surface area contributed by atoms with Gasteiger partial charge in [0.15, 0.2) is 5.11 Å². The first-order chi connectivity index (χ1) is 13.1. The lowest BCUT2D eigenvalue weighted by Gasteiger charge is -2.28. The third-order valence-corrected chi connectivity index (χ3v) is 5.27. The average Bonchev–Trinajstić information content (AvgIpc) is 3.16. The number of hydrogen-bond acceptors (Lipinski definition) is 3. The molecule has 144 valence electrons. The Balaban J connectivity index is 1.69. The molecule has 1 heterocycles. The SMILES string of the molecule is CCOc1ccc(NC(=S)N(Cc2cccc(Br)c2)CC2CCCO2)cc1. The zero-order valence-corrected chi connectivity index (χ0v) is 17.9. The number of nitrogens with zero attached hydrogens (tertiary/aromatic N) is 1. The Morgan fingerprint density at radius 1 is 1.30 bits per heavy atom. The number of anilines is 1. The van der Waals surface area contributed by atoms with Gasteiger partial charge >= 0.3 is 0 Å². The zero-order chi connectivity index (χ0) is 19.1. The summed E-state index contributed by atoms with van der Waals surface area (Å²) in [5.74, 6) is 0.860. The minimum absolute atomic E-state index is 0.234. The maximum Gasteiger partial charge on any atom is 0.173 e. The summed E-state index contributed by atoms with van der Waals surface area (Å²) < 4.78 is 12.4. The molecule has 1 aliphatic heterocycles. The van der Waals surface area contributed by atoms with Gasteiger partial charge in [0, 0.05) is 29.9 Å².